The van der Waals surface area contributed by atoms with E-state index in [4.69, 9.17) is 23.7 Å². The van der Waals surface area contributed by atoms with Gasteiger partial charge in [-0.15, -0.1) is 0 Å². The predicted molar refractivity (Wildman–Crippen MR) is 145 cm³/mol. The fourth-order valence-corrected chi connectivity index (χ4v) is 4.44. The Morgan fingerprint density at radius 3 is 1.64 bits per heavy atom. The van der Waals surface area contributed by atoms with E-state index in [1.54, 1.807) is 25.3 Å². The molecule has 0 amide bonds. The maximum atomic E-state index is 13.5. The zero-order valence-corrected chi connectivity index (χ0v) is 20.6. The molecule has 180 valence electrons. The third kappa shape index (κ3) is 6.62. The van der Waals surface area contributed by atoms with Crippen molar-refractivity contribution in [2.24, 2.45) is 0 Å². The summed E-state index contributed by atoms with van der Waals surface area (Å²) in [6.45, 7) is 0. The van der Waals surface area contributed by atoms with Crippen LogP contribution < -0.4 is 29.0 Å². The first kappa shape index (κ1) is 27.2. The van der Waals surface area contributed by atoms with E-state index in [2.05, 4.69) is 0 Å². The Bertz CT molecular complexity index is 1270. The average molecular weight is 496 g/mol. The van der Waals surface area contributed by atoms with Gasteiger partial charge >= 0.3 is 18.9 Å². The van der Waals surface area contributed by atoms with Crippen LogP contribution in [0.5, 0.6) is 40.2 Å². The molecule has 4 aromatic carbocycles. The summed E-state index contributed by atoms with van der Waals surface area (Å²) in [6.07, 6.45) is 0. The van der Waals surface area contributed by atoms with Crippen LogP contribution in [0.4, 0.5) is 0 Å². The number of hydrogen-bond donors (Lipinski definition) is 0. The quantitative estimate of drug-likeness (QED) is 0.205. The standard InChI is InChI=1S/C28H25O6P.Li.H/c1-30-22-17-24(31-2)27(25(18-22)32-3)28(29)35-26-15-14-21(33-19-10-6-4-7-11-19)16-23(26)34-20-12-8-5-9-13-20;;/h4-18,35H,1-3H3;;. The molecule has 0 fully saturated rings. The fraction of sp³-hybridized carbons (Fsp3) is 0.107. The first-order chi connectivity index (χ1) is 17.1. The van der Waals surface area contributed by atoms with Gasteiger partial charge in [-0.25, -0.2) is 0 Å². The van der Waals surface area contributed by atoms with Crippen molar-refractivity contribution in [3.05, 3.63) is 96.6 Å². The second-order valence-corrected chi connectivity index (χ2v) is 8.59. The topological polar surface area (TPSA) is 63.2 Å². The molecule has 0 aliphatic heterocycles. The van der Waals surface area contributed by atoms with Crippen LogP contribution in [0.2, 0.25) is 0 Å². The first-order valence-electron chi connectivity index (χ1n) is 10.8. The summed E-state index contributed by atoms with van der Waals surface area (Å²) in [6, 6.07) is 27.7. The number of carbonyl (C=O) groups excluding carboxylic acids is 1. The molecule has 0 bridgehead atoms. The SMILES string of the molecule is COc1cc(OC)c(C(=O)Pc2ccc(Oc3ccccc3)cc2Oc2ccccc2)c(OC)c1.[LiH]. The van der Waals surface area contributed by atoms with Crippen LogP contribution in [-0.2, 0) is 0 Å². The molecule has 36 heavy (non-hydrogen) atoms. The normalized spacial score (nSPS) is 10.4. The molecule has 4 rings (SSSR count). The summed E-state index contributed by atoms with van der Waals surface area (Å²) in [5, 5.41) is 0.721. The van der Waals surface area contributed by atoms with Gasteiger partial charge in [-0.05, 0) is 45.0 Å². The maximum absolute atomic E-state index is 13.5. The van der Waals surface area contributed by atoms with Gasteiger partial charge in [-0.2, -0.15) is 0 Å². The number of ether oxygens (including phenoxy) is 5. The second-order valence-electron chi connectivity index (χ2n) is 7.35. The molecule has 0 radical (unpaired) electrons. The van der Waals surface area contributed by atoms with E-state index in [1.165, 1.54) is 14.2 Å². The molecular formula is C28H26LiO6P. The van der Waals surface area contributed by atoms with Crippen LogP contribution in [0.25, 0.3) is 0 Å². The fourth-order valence-electron chi connectivity index (χ4n) is 3.41. The molecule has 0 saturated carbocycles. The molecule has 0 saturated heterocycles. The van der Waals surface area contributed by atoms with Crippen molar-refractivity contribution in [3.8, 4) is 40.2 Å². The molecule has 1 unspecified atom stereocenters. The Balaban J connectivity index is 0.00000361. The van der Waals surface area contributed by atoms with Crippen LogP contribution in [-0.4, -0.2) is 45.7 Å². The summed E-state index contributed by atoms with van der Waals surface area (Å²) in [5.74, 6) is 3.79. The van der Waals surface area contributed by atoms with Gasteiger partial charge < -0.3 is 23.7 Å². The van der Waals surface area contributed by atoms with Crippen molar-refractivity contribution in [3.63, 3.8) is 0 Å². The molecule has 4 aromatic rings. The van der Waals surface area contributed by atoms with E-state index in [1.807, 2.05) is 72.8 Å². The molecule has 1 atom stereocenters. The monoisotopic (exact) mass is 496 g/mol. The number of carbonyl (C=O) groups is 1. The molecule has 0 aliphatic rings. The number of hydrogen-bond acceptors (Lipinski definition) is 6. The van der Waals surface area contributed by atoms with Gasteiger partial charge in [-0.3, -0.25) is 4.79 Å². The third-order valence-electron chi connectivity index (χ3n) is 5.09. The molecule has 8 heteroatoms. The van der Waals surface area contributed by atoms with Gasteiger partial charge in [0.15, 0.2) is 5.52 Å². The van der Waals surface area contributed by atoms with Crippen molar-refractivity contribution in [2.45, 2.75) is 0 Å². The second kappa shape index (κ2) is 13.0. The first-order valence-corrected chi connectivity index (χ1v) is 11.8. The molecule has 0 N–H and O–H groups in total. The van der Waals surface area contributed by atoms with Gasteiger partial charge in [0.25, 0.3) is 0 Å². The molecule has 0 spiro atoms. The van der Waals surface area contributed by atoms with Gasteiger partial charge in [0.1, 0.15) is 45.8 Å². The Morgan fingerprint density at radius 1 is 0.583 bits per heavy atom. The van der Waals surface area contributed by atoms with Crippen molar-refractivity contribution in [1.29, 1.82) is 0 Å². The average Bonchev–Trinajstić information content (AvgIpc) is 2.90. The molecule has 0 aliphatic carbocycles. The minimum absolute atomic E-state index is 0. The number of rotatable bonds is 10. The zero-order chi connectivity index (χ0) is 24.6. The summed E-state index contributed by atoms with van der Waals surface area (Å²) in [4.78, 5) is 13.5. The summed E-state index contributed by atoms with van der Waals surface area (Å²) >= 11 is 0. The molecular weight excluding hydrogens is 470 g/mol. The van der Waals surface area contributed by atoms with Gasteiger partial charge in [0.05, 0.1) is 21.3 Å². The van der Waals surface area contributed by atoms with E-state index in [9.17, 15) is 4.79 Å². The predicted octanol–water partition coefficient (Wildman–Crippen LogP) is 5.79. The van der Waals surface area contributed by atoms with Crippen LogP contribution in [0.1, 0.15) is 10.4 Å². The van der Waals surface area contributed by atoms with Gasteiger partial charge in [0.2, 0.25) is 0 Å². The minimum atomic E-state index is -0.253. The molecule has 0 heterocycles. The third-order valence-corrected chi connectivity index (χ3v) is 6.25. The summed E-state index contributed by atoms with van der Waals surface area (Å²) in [5.41, 5.74) is 0.195. The number of para-hydroxylation sites is 2. The zero-order valence-electron chi connectivity index (χ0n) is 19.6. The van der Waals surface area contributed by atoms with Gasteiger partial charge in [-0.1, -0.05) is 36.4 Å². The van der Waals surface area contributed by atoms with Crippen LogP contribution in [0, 0.1) is 0 Å². The van der Waals surface area contributed by atoms with Crippen molar-refractivity contribution >= 4 is 38.3 Å². The van der Waals surface area contributed by atoms with Gasteiger partial charge in [0, 0.05) is 23.5 Å². The van der Waals surface area contributed by atoms with Crippen molar-refractivity contribution in [2.75, 3.05) is 21.3 Å². The van der Waals surface area contributed by atoms with Crippen LogP contribution >= 0.6 is 8.58 Å². The van der Waals surface area contributed by atoms with E-state index in [0.717, 1.165) is 5.30 Å². The molecule has 0 aromatic heterocycles. The van der Waals surface area contributed by atoms with Crippen LogP contribution in [0.15, 0.2) is 91.0 Å². The van der Waals surface area contributed by atoms with Crippen molar-refractivity contribution in [1.82, 2.24) is 0 Å². The van der Waals surface area contributed by atoms with Crippen molar-refractivity contribution < 1.29 is 28.5 Å². The van der Waals surface area contributed by atoms with E-state index in [0.29, 0.717) is 45.8 Å². The van der Waals surface area contributed by atoms with E-state index >= 15 is 0 Å². The Hall–Kier alpha value is -3.42. The van der Waals surface area contributed by atoms with E-state index < -0.39 is 0 Å². The van der Waals surface area contributed by atoms with E-state index in [-0.39, 0.29) is 33.0 Å². The molecule has 6 nitrogen and oxygen atoms in total. The van der Waals surface area contributed by atoms with Crippen LogP contribution in [0.3, 0.4) is 0 Å². The summed E-state index contributed by atoms with van der Waals surface area (Å²) in [7, 11) is 4.31. The summed E-state index contributed by atoms with van der Waals surface area (Å²) < 4.78 is 28.4. The number of benzene rings is 4. The Labute approximate surface area is 224 Å². The number of methoxy groups -OCH3 is 3. The Morgan fingerprint density at radius 2 is 1.11 bits per heavy atom. The Kier molecular flexibility index (Phi) is 9.84.